The first-order valence-corrected chi connectivity index (χ1v) is 4.85. The molecule has 0 fully saturated rings. The molecule has 78 valence electrons. The van der Waals surface area contributed by atoms with Gasteiger partial charge in [-0.3, -0.25) is 0 Å². The molecule has 0 N–H and O–H groups in total. The second-order valence-electron chi connectivity index (χ2n) is 3.45. The van der Waals surface area contributed by atoms with Gasteiger partial charge in [0.15, 0.2) is 0 Å². The van der Waals surface area contributed by atoms with Crippen molar-refractivity contribution in [1.29, 1.82) is 0 Å². The maximum Gasteiger partial charge on any atom is 0.203 e. The Kier molecular flexibility index (Phi) is 2.72. The zero-order chi connectivity index (χ0) is 10.7. The lowest BCUT2D eigenvalue weighted by Gasteiger charge is -2.07. The van der Waals surface area contributed by atoms with E-state index in [9.17, 15) is 0 Å². The fraction of sp³-hybridized carbons (Fsp3) is 0.250. The maximum absolute atomic E-state index is 5.29. The van der Waals surface area contributed by atoms with Crippen molar-refractivity contribution in [3.05, 3.63) is 48.5 Å². The van der Waals surface area contributed by atoms with Crippen LogP contribution in [0.25, 0.3) is 0 Å². The lowest BCUT2D eigenvalue weighted by Crippen LogP contribution is -2.32. The largest absolute Gasteiger partial charge is 0.496 e. The van der Waals surface area contributed by atoms with Gasteiger partial charge in [-0.25, -0.2) is 0 Å². The topological polar surface area (TPSA) is 18.0 Å². The van der Waals surface area contributed by atoms with Crippen LogP contribution in [0.1, 0.15) is 5.56 Å². The predicted octanol–water partition coefficient (Wildman–Crippen LogP) is 1.17. The molecule has 0 aliphatic rings. The molecule has 3 heteroatoms. The molecule has 1 heterocycles. The molecule has 15 heavy (non-hydrogen) atoms. The molecule has 0 bridgehead atoms. The molecule has 0 amide bonds. The number of para-hydroxylation sites is 1. The minimum absolute atomic E-state index is 0.783. The van der Waals surface area contributed by atoms with Gasteiger partial charge in [-0.05, 0) is 18.5 Å². The number of hydrogen-bond donors (Lipinski definition) is 0. The Morgan fingerprint density at radius 3 is 2.87 bits per heavy atom. The third-order valence-corrected chi connectivity index (χ3v) is 2.29. The summed E-state index contributed by atoms with van der Waals surface area (Å²) in [6, 6.07) is 8.02. The second kappa shape index (κ2) is 4.17. The lowest BCUT2D eigenvalue weighted by molar-refractivity contribution is -0.691. The molecule has 1 aromatic carbocycles. The number of aryl methyl sites for hydroxylation is 1. The Labute approximate surface area is 89.5 Å². The van der Waals surface area contributed by atoms with E-state index in [-0.39, 0.29) is 0 Å². The van der Waals surface area contributed by atoms with Gasteiger partial charge in [-0.15, -0.1) is 0 Å². The van der Waals surface area contributed by atoms with Crippen LogP contribution in [0.2, 0.25) is 0 Å². The van der Waals surface area contributed by atoms with E-state index in [0.717, 1.165) is 17.9 Å². The van der Waals surface area contributed by atoms with Crippen LogP contribution in [0.5, 0.6) is 5.75 Å². The molecule has 3 nitrogen and oxygen atoms in total. The van der Waals surface area contributed by atoms with Gasteiger partial charge in [-0.2, -0.15) is 0 Å². The van der Waals surface area contributed by atoms with Crippen molar-refractivity contribution in [3.8, 4) is 5.75 Å². The summed E-state index contributed by atoms with van der Waals surface area (Å²) in [7, 11) is 3.65. The summed E-state index contributed by atoms with van der Waals surface area (Å²) in [4.78, 5) is 0. The van der Waals surface area contributed by atoms with E-state index in [1.165, 1.54) is 0 Å². The number of benzene rings is 1. The Balaban J connectivity index is 2.23. The Morgan fingerprint density at radius 2 is 2.20 bits per heavy atom. The number of aromatic nitrogens is 2. The fourth-order valence-corrected chi connectivity index (χ4v) is 1.55. The Morgan fingerprint density at radius 1 is 1.40 bits per heavy atom. The fourth-order valence-electron chi connectivity index (χ4n) is 1.55. The quantitative estimate of drug-likeness (QED) is 0.539. The van der Waals surface area contributed by atoms with Crippen molar-refractivity contribution in [3.63, 3.8) is 0 Å². The molecule has 0 unspecified atom stereocenters. The van der Waals surface area contributed by atoms with E-state index in [2.05, 4.69) is 12.4 Å². The van der Waals surface area contributed by atoms with Crippen molar-refractivity contribution in [2.45, 2.75) is 6.54 Å². The second-order valence-corrected chi connectivity index (χ2v) is 3.45. The molecule has 2 aromatic rings. The average molecular weight is 202 g/mol. The Bertz CT molecular complexity index is 448. The summed E-state index contributed by atoms with van der Waals surface area (Å²) in [5, 5.41) is 0. The number of hydrogen-bond acceptors (Lipinski definition) is 1. The molecular weight excluding hydrogens is 188 g/mol. The summed E-state index contributed by atoms with van der Waals surface area (Å²) >= 11 is 0. The molecule has 2 rings (SSSR count). The zero-order valence-electron chi connectivity index (χ0n) is 8.97. The molecule has 0 spiro atoms. The van der Waals surface area contributed by atoms with E-state index in [1.807, 2.05) is 46.8 Å². The van der Waals surface area contributed by atoms with Crippen LogP contribution >= 0.6 is 0 Å². The van der Waals surface area contributed by atoms with Crippen molar-refractivity contribution < 1.29 is 9.30 Å². The smallest absolute Gasteiger partial charge is 0.203 e. The predicted molar refractivity (Wildman–Crippen MR) is 56.5 cm³/mol. The highest BCUT2D eigenvalue weighted by Crippen LogP contribution is 2.16. The van der Waals surface area contributed by atoms with E-state index in [4.69, 9.17) is 4.74 Å². The number of ether oxygens (including phenoxy) is 1. The normalized spacial score (nSPS) is 10.3. The Hall–Kier alpha value is -1.77. The van der Waals surface area contributed by atoms with Crippen LogP contribution in [0, 0.1) is 6.33 Å². The van der Waals surface area contributed by atoms with Gasteiger partial charge in [-0.1, -0.05) is 18.2 Å². The SMILES string of the molecule is COc1ccccc1C[n+]1[c-]n(C)cc1. The average Bonchev–Trinajstić information content (AvgIpc) is 2.65. The van der Waals surface area contributed by atoms with Crippen LogP contribution < -0.4 is 9.30 Å². The summed E-state index contributed by atoms with van der Waals surface area (Å²) in [6.45, 7) is 0.783. The summed E-state index contributed by atoms with van der Waals surface area (Å²) in [5.41, 5.74) is 1.16. The molecule has 0 saturated heterocycles. The number of nitrogens with zero attached hydrogens (tertiary/aromatic N) is 2. The highest BCUT2D eigenvalue weighted by molar-refractivity contribution is 5.32. The molecule has 0 saturated carbocycles. The first-order chi connectivity index (χ1) is 7.29. The summed E-state index contributed by atoms with van der Waals surface area (Å²) < 4.78 is 9.19. The standard InChI is InChI=1S/C12H14N2O/c1-13-7-8-14(10-13)9-11-5-3-4-6-12(11)15-2/h3-8H,9H2,1-2H3. The van der Waals surface area contributed by atoms with Gasteiger partial charge in [0.1, 0.15) is 5.75 Å². The van der Waals surface area contributed by atoms with Gasteiger partial charge in [0.05, 0.1) is 20.7 Å². The van der Waals surface area contributed by atoms with E-state index >= 15 is 0 Å². The lowest BCUT2D eigenvalue weighted by atomic mass is 10.2. The monoisotopic (exact) mass is 202 g/mol. The van der Waals surface area contributed by atoms with Crippen LogP contribution in [-0.4, -0.2) is 11.7 Å². The van der Waals surface area contributed by atoms with E-state index in [0.29, 0.717) is 0 Å². The van der Waals surface area contributed by atoms with Crippen LogP contribution in [0.4, 0.5) is 0 Å². The van der Waals surface area contributed by atoms with Gasteiger partial charge in [0.2, 0.25) is 6.33 Å². The molecule has 0 atom stereocenters. The minimum atomic E-state index is 0.783. The number of methoxy groups -OCH3 is 1. The highest BCUT2D eigenvalue weighted by atomic mass is 16.5. The van der Waals surface area contributed by atoms with Crippen LogP contribution in [-0.2, 0) is 13.6 Å². The number of rotatable bonds is 3. The van der Waals surface area contributed by atoms with Gasteiger partial charge in [0.25, 0.3) is 0 Å². The first kappa shape index (κ1) is 9.77. The van der Waals surface area contributed by atoms with Crippen LogP contribution in [0.3, 0.4) is 0 Å². The zero-order valence-corrected chi connectivity index (χ0v) is 8.97. The third-order valence-electron chi connectivity index (χ3n) is 2.29. The third kappa shape index (κ3) is 2.18. The van der Waals surface area contributed by atoms with Crippen molar-refractivity contribution in [2.75, 3.05) is 7.11 Å². The van der Waals surface area contributed by atoms with Crippen LogP contribution in [0.15, 0.2) is 36.7 Å². The number of imidazole rings is 1. The van der Waals surface area contributed by atoms with Crippen molar-refractivity contribution >= 4 is 0 Å². The highest BCUT2D eigenvalue weighted by Gasteiger charge is 2.02. The van der Waals surface area contributed by atoms with Crippen molar-refractivity contribution in [2.24, 2.45) is 7.05 Å². The van der Waals surface area contributed by atoms with Gasteiger partial charge in [0, 0.05) is 5.56 Å². The molecule has 0 aliphatic heterocycles. The first-order valence-electron chi connectivity index (χ1n) is 4.85. The molecule has 1 aromatic heterocycles. The minimum Gasteiger partial charge on any atom is -0.496 e. The molecule has 0 aliphatic carbocycles. The molecule has 0 radical (unpaired) electrons. The van der Waals surface area contributed by atoms with E-state index in [1.54, 1.807) is 7.11 Å². The summed E-state index contributed by atoms with van der Waals surface area (Å²) in [5.74, 6) is 0.919. The molecular formula is C12H14N2O. The summed E-state index contributed by atoms with van der Waals surface area (Å²) in [6.07, 6.45) is 7.11. The maximum atomic E-state index is 5.29. The van der Waals surface area contributed by atoms with Gasteiger partial charge < -0.3 is 13.9 Å². The van der Waals surface area contributed by atoms with Gasteiger partial charge >= 0.3 is 0 Å². The van der Waals surface area contributed by atoms with E-state index < -0.39 is 0 Å². The van der Waals surface area contributed by atoms with Crippen molar-refractivity contribution in [1.82, 2.24) is 4.57 Å².